The monoisotopic (exact) mass is 280 g/mol. The number of rotatable bonds is 7. The number of carbonyl (C=O) groups is 1. The molecule has 0 aromatic carbocycles. The topological polar surface area (TPSA) is 71.1 Å². The van der Waals surface area contributed by atoms with E-state index in [9.17, 15) is 9.36 Å². The van der Waals surface area contributed by atoms with E-state index in [-0.39, 0.29) is 31.4 Å². The van der Waals surface area contributed by atoms with Crippen molar-refractivity contribution < 1.29 is 27.7 Å². The maximum absolute atomic E-state index is 12.1. The van der Waals surface area contributed by atoms with Crippen LogP contribution in [-0.2, 0) is 27.7 Å². The molecular formula is C11H21O6P. The van der Waals surface area contributed by atoms with E-state index in [0.717, 1.165) is 0 Å². The molecule has 2 atom stereocenters. The van der Waals surface area contributed by atoms with E-state index >= 15 is 0 Å². The van der Waals surface area contributed by atoms with Crippen molar-refractivity contribution in [1.82, 2.24) is 0 Å². The Morgan fingerprint density at radius 3 is 2.22 bits per heavy atom. The van der Waals surface area contributed by atoms with Gasteiger partial charge in [-0.3, -0.25) is 18.4 Å². The Hall–Kier alpha value is -0.420. The molecule has 1 aliphatic carbocycles. The molecule has 1 saturated carbocycles. The molecule has 0 bridgehead atoms. The zero-order valence-electron chi connectivity index (χ0n) is 11.1. The molecule has 0 unspecified atom stereocenters. The molecule has 0 aromatic heterocycles. The highest BCUT2D eigenvalue weighted by molar-refractivity contribution is 7.48. The van der Waals surface area contributed by atoms with Crippen molar-refractivity contribution in [3.05, 3.63) is 0 Å². The molecule has 0 saturated heterocycles. The number of phosphoric acid groups is 1. The van der Waals surface area contributed by atoms with Crippen molar-refractivity contribution in [2.24, 2.45) is 0 Å². The third-order valence-electron chi connectivity index (χ3n) is 2.52. The summed E-state index contributed by atoms with van der Waals surface area (Å²) in [7, 11) is -3.47. The van der Waals surface area contributed by atoms with Crippen molar-refractivity contribution >= 4 is 13.8 Å². The molecule has 0 heterocycles. The standard InChI is InChI=1S/C11H21O6P/c1-4-14-18(13,15-5-2)17-11-7-6-10(8-11)16-9(3)12/h10-11H,4-8H2,1-3H3/t10-,11+/m0/s1. The van der Waals surface area contributed by atoms with Crippen molar-refractivity contribution in [2.45, 2.75) is 52.2 Å². The van der Waals surface area contributed by atoms with Gasteiger partial charge in [-0.15, -0.1) is 0 Å². The number of carbonyl (C=O) groups excluding carboxylic acids is 1. The first kappa shape index (κ1) is 15.6. The Morgan fingerprint density at radius 2 is 1.72 bits per heavy atom. The molecule has 106 valence electrons. The van der Waals surface area contributed by atoms with Crippen LogP contribution in [0.2, 0.25) is 0 Å². The lowest BCUT2D eigenvalue weighted by Gasteiger charge is -2.20. The Labute approximate surface area is 108 Å². The molecule has 0 spiro atoms. The minimum absolute atomic E-state index is 0.163. The van der Waals surface area contributed by atoms with Crippen LogP contribution in [0.5, 0.6) is 0 Å². The van der Waals surface area contributed by atoms with Crippen molar-refractivity contribution in [1.29, 1.82) is 0 Å². The maximum atomic E-state index is 12.1. The van der Waals surface area contributed by atoms with Crippen LogP contribution in [0.3, 0.4) is 0 Å². The molecule has 6 nitrogen and oxygen atoms in total. The second-order valence-electron chi connectivity index (χ2n) is 4.05. The highest BCUT2D eigenvalue weighted by Gasteiger charge is 2.35. The quantitative estimate of drug-likeness (QED) is 0.527. The molecule has 7 heteroatoms. The van der Waals surface area contributed by atoms with Gasteiger partial charge in [-0.1, -0.05) is 0 Å². The van der Waals surface area contributed by atoms with E-state index in [0.29, 0.717) is 19.3 Å². The van der Waals surface area contributed by atoms with Crippen LogP contribution in [-0.4, -0.2) is 31.4 Å². The first-order chi connectivity index (χ1) is 8.49. The predicted molar refractivity (Wildman–Crippen MR) is 65.1 cm³/mol. The minimum Gasteiger partial charge on any atom is -0.462 e. The predicted octanol–water partition coefficient (Wildman–Crippen LogP) is 2.67. The second-order valence-corrected chi connectivity index (χ2v) is 5.68. The van der Waals surface area contributed by atoms with Gasteiger partial charge in [0.05, 0.1) is 19.3 Å². The van der Waals surface area contributed by atoms with Gasteiger partial charge in [-0.25, -0.2) is 4.57 Å². The summed E-state index contributed by atoms with van der Waals surface area (Å²) in [4.78, 5) is 10.8. The van der Waals surface area contributed by atoms with Gasteiger partial charge in [0.1, 0.15) is 6.10 Å². The van der Waals surface area contributed by atoms with E-state index in [1.165, 1.54) is 6.92 Å². The van der Waals surface area contributed by atoms with Gasteiger partial charge in [0.2, 0.25) is 0 Å². The van der Waals surface area contributed by atoms with Gasteiger partial charge in [-0.05, 0) is 26.7 Å². The summed E-state index contributed by atoms with van der Waals surface area (Å²) in [6, 6.07) is 0. The SMILES string of the molecule is CCOP(=O)(OCC)O[C@@H]1CC[C@H](OC(C)=O)C1. The fourth-order valence-electron chi connectivity index (χ4n) is 1.94. The van der Waals surface area contributed by atoms with E-state index < -0.39 is 7.82 Å². The third-order valence-corrected chi connectivity index (χ3v) is 4.23. The average Bonchev–Trinajstić information content (AvgIpc) is 2.64. The zero-order valence-corrected chi connectivity index (χ0v) is 12.0. The molecule has 0 aliphatic heterocycles. The molecule has 0 amide bonds. The number of esters is 1. The third kappa shape index (κ3) is 5.06. The molecule has 1 fully saturated rings. The number of ether oxygens (including phenoxy) is 1. The number of hydrogen-bond acceptors (Lipinski definition) is 6. The van der Waals surface area contributed by atoms with E-state index in [1.807, 2.05) is 0 Å². The van der Waals surface area contributed by atoms with Crippen molar-refractivity contribution in [2.75, 3.05) is 13.2 Å². The van der Waals surface area contributed by atoms with Gasteiger partial charge in [-0.2, -0.15) is 0 Å². The fourth-order valence-corrected chi connectivity index (χ4v) is 3.32. The Bertz CT molecular complexity index is 309. The van der Waals surface area contributed by atoms with Gasteiger partial charge in [0.25, 0.3) is 0 Å². The lowest BCUT2D eigenvalue weighted by atomic mass is 10.3. The molecule has 0 aromatic rings. The maximum Gasteiger partial charge on any atom is 0.475 e. The van der Waals surface area contributed by atoms with E-state index in [2.05, 4.69) is 0 Å². The van der Waals surface area contributed by atoms with Crippen LogP contribution in [0, 0.1) is 0 Å². The van der Waals surface area contributed by atoms with Crippen molar-refractivity contribution in [3.8, 4) is 0 Å². The summed E-state index contributed by atoms with van der Waals surface area (Å²) in [5, 5.41) is 0. The highest BCUT2D eigenvalue weighted by Crippen LogP contribution is 2.52. The Kier molecular flexibility index (Phi) is 6.29. The summed E-state index contributed by atoms with van der Waals surface area (Å²) >= 11 is 0. The van der Waals surface area contributed by atoms with Gasteiger partial charge in [0, 0.05) is 13.3 Å². The van der Waals surface area contributed by atoms with Crippen LogP contribution in [0.15, 0.2) is 0 Å². The first-order valence-corrected chi connectivity index (χ1v) is 7.70. The van der Waals surface area contributed by atoms with Gasteiger partial charge >= 0.3 is 13.8 Å². The van der Waals surface area contributed by atoms with E-state index in [4.69, 9.17) is 18.3 Å². The molecule has 18 heavy (non-hydrogen) atoms. The first-order valence-electron chi connectivity index (χ1n) is 6.23. The minimum atomic E-state index is -3.47. The lowest BCUT2D eigenvalue weighted by Crippen LogP contribution is -2.15. The molecule has 1 aliphatic rings. The largest absolute Gasteiger partial charge is 0.475 e. The summed E-state index contributed by atoms with van der Waals surface area (Å²) in [6.45, 7) is 5.35. The summed E-state index contributed by atoms with van der Waals surface area (Å²) in [5.74, 6) is -0.307. The van der Waals surface area contributed by atoms with Crippen LogP contribution in [0.4, 0.5) is 0 Å². The Balaban J connectivity index is 2.46. The van der Waals surface area contributed by atoms with Crippen LogP contribution in [0.25, 0.3) is 0 Å². The van der Waals surface area contributed by atoms with Gasteiger partial charge < -0.3 is 4.74 Å². The Morgan fingerprint density at radius 1 is 1.17 bits per heavy atom. The second kappa shape index (κ2) is 7.24. The fraction of sp³-hybridized carbons (Fsp3) is 0.909. The summed E-state index contributed by atoms with van der Waals surface area (Å²) in [5.41, 5.74) is 0. The molecule has 0 N–H and O–H groups in total. The van der Waals surface area contributed by atoms with Crippen LogP contribution in [0.1, 0.15) is 40.0 Å². The highest BCUT2D eigenvalue weighted by atomic mass is 31.2. The number of phosphoric ester groups is 1. The molecule has 0 radical (unpaired) electrons. The van der Waals surface area contributed by atoms with Crippen LogP contribution < -0.4 is 0 Å². The normalized spacial score (nSPS) is 24.2. The smallest absolute Gasteiger partial charge is 0.462 e. The molecule has 1 rings (SSSR count). The summed E-state index contributed by atoms with van der Waals surface area (Å²) in [6.07, 6.45) is 1.51. The van der Waals surface area contributed by atoms with Crippen molar-refractivity contribution in [3.63, 3.8) is 0 Å². The van der Waals surface area contributed by atoms with E-state index in [1.54, 1.807) is 13.8 Å². The lowest BCUT2D eigenvalue weighted by molar-refractivity contribution is -0.146. The average molecular weight is 280 g/mol. The molecular weight excluding hydrogens is 259 g/mol. The van der Waals surface area contributed by atoms with Gasteiger partial charge in [0.15, 0.2) is 0 Å². The summed E-state index contributed by atoms with van der Waals surface area (Å²) < 4.78 is 32.7. The van der Waals surface area contributed by atoms with Crippen LogP contribution >= 0.6 is 7.82 Å². The zero-order chi connectivity index (χ0) is 13.6. The number of hydrogen-bond donors (Lipinski definition) is 0.